The highest BCUT2D eigenvalue weighted by molar-refractivity contribution is 5.79. The number of esters is 3. The molecule has 92 heavy (non-hydrogen) atoms. The summed E-state index contributed by atoms with van der Waals surface area (Å²) in [4.78, 5) is 43.1. The second-order valence-electron chi connectivity index (χ2n) is 30.5. The van der Waals surface area contributed by atoms with E-state index in [9.17, 15) is 81.1 Å². The molecule has 0 bridgehead atoms. The van der Waals surface area contributed by atoms with E-state index in [0.29, 0.717) is 51.4 Å². The lowest BCUT2D eigenvalue weighted by atomic mass is 9.33. The Morgan fingerprint density at radius 2 is 1.23 bits per heavy atom. The first-order chi connectivity index (χ1) is 43.0. The molecule has 0 amide bonds. The van der Waals surface area contributed by atoms with E-state index in [0.717, 1.165) is 5.57 Å². The number of cyclic esters (lactones) is 1. The number of hydrogen-bond donors (Lipinski definition) is 14. The van der Waals surface area contributed by atoms with E-state index < -0.39 is 243 Å². The molecule has 0 aromatic heterocycles. The van der Waals surface area contributed by atoms with E-state index in [1.54, 1.807) is 0 Å². The number of carbonyl (C=O) groups excluding carboxylic acids is 3. The second kappa shape index (κ2) is 25.8. The molecule has 6 aliphatic heterocycles. The van der Waals surface area contributed by atoms with Gasteiger partial charge in [0, 0.05) is 5.41 Å². The summed E-state index contributed by atoms with van der Waals surface area (Å²) < 4.78 is 72.2. The van der Waals surface area contributed by atoms with Crippen molar-refractivity contribution in [2.24, 2.45) is 50.2 Å². The van der Waals surface area contributed by atoms with Gasteiger partial charge in [-0.15, -0.1) is 0 Å². The molecule has 14 N–H and O–H groups in total. The average molecular weight is 1320 g/mol. The number of aliphatic hydroxyl groups is 14. The maximum atomic E-state index is 15.6. The number of aliphatic hydroxyl groups excluding tert-OH is 13. The predicted octanol–water partition coefficient (Wildman–Crippen LogP) is -2.68. The minimum absolute atomic E-state index is 0.127. The van der Waals surface area contributed by atoms with Crippen LogP contribution in [0.25, 0.3) is 0 Å². The Hall–Kier alpha value is -2.77. The van der Waals surface area contributed by atoms with Gasteiger partial charge in [0.2, 0.25) is 6.29 Å². The SMILES string of the molecule is CC1OC(OC2C(OC(=O)[C@]34CCC(C)(C)CC3C3=CCC5[C@@]6(C)CC(O)C7OC8OC(CO)C(O)C(O)C8OC8OCC(O)C(O)C8OC(=O)CC(C)(O)CC(=O)OC[C@@]7(C)C6CC[C@@]5(C)[C@]3(C)CC4)OCC(O)C2O)C(O)C(OC2OCC(O)C(O)C2O)C1O. The highest BCUT2D eigenvalue weighted by Gasteiger charge is 2.72. The lowest BCUT2D eigenvalue weighted by molar-refractivity contribution is -0.378. The molecule has 5 aliphatic carbocycles. The molecule has 33 atom stereocenters. The van der Waals surface area contributed by atoms with E-state index in [1.165, 1.54) is 13.8 Å². The number of ether oxygens (including phenoxy) is 12. The van der Waals surface area contributed by atoms with Crippen LogP contribution in [0.2, 0.25) is 0 Å². The summed E-state index contributed by atoms with van der Waals surface area (Å²) in [6, 6.07) is 0. The first-order valence-corrected chi connectivity index (χ1v) is 32.6. The van der Waals surface area contributed by atoms with Gasteiger partial charge in [0.05, 0.1) is 75.2 Å². The van der Waals surface area contributed by atoms with Crippen LogP contribution in [-0.4, -0.2) is 275 Å². The molecule has 6 heterocycles. The topological polar surface area (TPSA) is 445 Å². The van der Waals surface area contributed by atoms with Gasteiger partial charge in [0.1, 0.15) is 85.5 Å². The van der Waals surface area contributed by atoms with Crippen molar-refractivity contribution >= 4 is 17.9 Å². The van der Waals surface area contributed by atoms with Crippen molar-refractivity contribution in [1.82, 2.24) is 0 Å². The van der Waals surface area contributed by atoms with E-state index >= 15 is 4.79 Å². The minimum Gasteiger partial charge on any atom is -0.465 e. The maximum absolute atomic E-state index is 15.6. The molecule has 29 heteroatoms. The summed E-state index contributed by atoms with van der Waals surface area (Å²) >= 11 is 0. The fourth-order valence-corrected chi connectivity index (χ4v) is 18.5. The van der Waals surface area contributed by atoms with Crippen molar-refractivity contribution in [1.29, 1.82) is 0 Å². The number of fused-ring (bicyclic) bond motifs is 11. The summed E-state index contributed by atoms with van der Waals surface area (Å²) in [6.07, 6.45) is -34.3. The fourth-order valence-electron chi connectivity index (χ4n) is 18.5. The maximum Gasteiger partial charge on any atom is 0.315 e. The zero-order valence-corrected chi connectivity index (χ0v) is 53.4. The van der Waals surface area contributed by atoms with Crippen LogP contribution in [0.5, 0.6) is 0 Å². The summed E-state index contributed by atoms with van der Waals surface area (Å²) in [6.45, 7) is 12.8. The van der Waals surface area contributed by atoms with Crippen LogP contribution in [0.15, 0.2) is 11.6 Å². The largest absolute Gasteiger partial charge is 0.465 e. The van der Waals surface area contributed by atoms with Gasteiger partial charge in [-0.3, -0.25) is 14.4 Å². The Bertz CT molecular complexity index is 2700. The van der Waals surface area contributed by atoms with Crippen molar-refractivity contribution in [2.45, 2.75) is 279 Å². The summed E-state index contributed by atoms with van der Waals surface area (Å²) in [5, 5.41) is 156. The van der Waals surface area contributed by atoms with Gasteiger partial charge in [-0.2, -0.15) is 0 Å². The van der Waals surface area contributed by atoms with E-state index in [-0.39, 0.29) is 30.3 Å². The molecule has 524 valence electrons. The van der Waals surface area contributed by atoms with E-state index in [2.05, 4.69) is 40.7 Å². The Morgan fingerprint density at radius 1 is 0.587 bits per heavy atom. The van der Waals surface area contributed by atoms with Gasteiger partial charge in [0.15, 0.2) is 37.4 Å². The molecule has 0 radical (unpaired) electrons. The number of allylic oxidation sites excluding steroid dienone is 2. The molecular weight excluding hydrogens is 1220 g/mol. The van der Waals surface area contributed by atoms with Crippen molar-refractivity contribution in [3.63, 3.8) is 0 Å². The molecule has 28 unspecified atom stereocenters. The van der Waals surface area contributed by atoms with Crippen LogP contribution in [0, 0.1) is 50.2 Å². The molecule has 6 saturated heterocycles. The highest BCUT2D eigenvalue weighted by atomic mass is 16.8. The van der Waals surface area contributed by atoms with Crippen LogP contribution in [0.4, 0.5) is 0 Å². The quantitative estimate of drug-likeness (QED) is 0.0535. The molecule has 29 nitrogen and oxygen atoms in total. The number of carbonyl (C=O) groups is 3. The molecule has 0 aromatic carbocycles. The van der Waals surface area contributed by atoms with Gasteiger partial charge >= 0.3 is 17.9 Å². The van der Waals surface area contributed by atoms with Crippen molar-refractivity contribution < 1.29 is 143 Å². The smallest absolute Gasteiger partial charge is 0.315 e. The van der Waals surface area contributed by atoms with E-state index in [1.807, 2.05) is 6.92 Å². The van der Waals surface area contributed by atoms with Crippen molar-refractivity contribution in [2.75, 3.05) is 33.0 Å². The molecule has 4 saturated carbocycles. The van der Waals surface area contributed by atoms with Gasteiger partial charge < -0.3 is 128 Å². The standard InChI is InChI=1S/C63H98O29/c1-26-38(71)46(88-51-44(77)39(72)30(66)22-81-51)45(78)52(85-26)89-48-41(74)32(68)24-83-54(48)92-56(79)63-15-13-57(2,3)17-28(63)27-9-10-35-59(5)18-29(65)50-60(6,34(59)11-12-62(35,8)61(27,7)14-16-63)25-84-36(69)19-58(4,80)20-37(70)87-47-40(73)31(67)23-82-53(47)90-49-43(76)42(75)33(21-64)86-55(49)91-50/h9,26,28-35,38-55,64-68,71-78,80H,10-25H2,1-8H3/t26?,28?,29?,30?,31?,32?,33?,34?,35?,38?,39?,40?,41?,42?,43?,44?,45?,46?,47?,48?,49?,50?,51?,52?,53?,54?,55?,58?,59-,60-,61+,62+,63-/m0/s1. The molecule has 0 spiro atoms. The number of rotatable bonds is 7. The summed E-state index contributed by atoms with van der Waals surface area (Å²) in [5.41, 5.74) is -5.58. The van der Waals surface area contributed by atoms with Crippen LogP contribution >= 0.6 is 0 Å². The van der Waals surface area contributed by atoms with Gasteiger partial charge in [-0.1, -0.05) is 53.2 Å². The monoisotopic (exact) mass is 1320 g/mol. The lowest BCUT2D eigenvalue weighted by Gasteiger charge is -2.72. The summed E-state index contributed by atoms with van der Waals surface area (Å²) in [7, 11) is 0. The van der Waals surface area contributed by atoms with E-state index in [4.69, 9.17) is 56.8 Å². The number of hydrogen-bond acceptors (Lipinski definition) is 29. The molecule has 0 aromatic rings. The molecule has 10 fully saturated rings. The normalized spacial score (nSPS) is 54.2. The molecular formula is C63H98O29. The predicted molar refractivity (Wildman–Crippen MR) is 306 cm³/mol. The van der Waals surface area contributed by atoms with Crippen LogP contribution < -0.4 is 0 Å². The minimum atomic E-state index is -2.07. The van der Waals surface area contributed by atoms with Crippen LogP contribution in [-0.2, 0) is 71.2 Å². The van der Waals surface area contributed by atoms with Crippen molar-refractivity contribution in [3.05, 3.63) is 11.6 Å². The zero-order valence-electron chi connectivity index (χ0n) is 53.4. The Labute approximate surface area is 533 Å². The first-order valence-electron chi connectivity index (χ1n) is 32.6. The Morgan fingerprint density at radius 3 is 1.93 bits per heavy atom. The zero-order chi connectivity index (χ0) is 66.9. The van der Waals surface area contributed by atoms with Gasteiger partial charge in [0.25, 0.3) is 0 Å². The molecule has 11 rings (SSSR count). The first kappa shape index (κ1) is 70.5. The Balaban J connectivity index is 0.881. The average Bonchev–Trinajstić information content (AvgIpc) is 0.674. The van der Waals surface area contributed by atoms with Gasteiger partial charge in [-0.05, 0) is 111 Å². The highest BCUT2D eigenvalue weighted by Crippen LogP contribution is 2.76. The van der Waals surface area contributed by atoms with Crippen molar-refractivity contribution in [3.8, 4) is 0 Å². The lowest BCUT2D eigenvalue weighted by Crippen LogP contribution is -2.70. The van der Waals surface area contributed by atoms with Gasteiger partial charge in [-0.25, -0.2) is 0 Å². The Kier molecular flexibility index (Phi) is 19.8. The second-order valence-corrected chi connectivity index (χ2v) is 30.5. The van der Waals surface area contributed by atoms with Crippen LogP contribution in [0.3, 0.4) is 0 Å². The molecule has 11 aliphatic rings. The van der Waals surface area contributed by atoms with Crippen LogP contribution in [0.1, 0.15) is 126 Å². The third-order valence-electron chi connectivity index (χ3n) is 23.9. The summed E-state index contributed by atoms with van der Waals surface area (Å²) in [5.74, 6) is -3.64. The third kappa shape index (κ3) is 12.2. The fraction of sp³-hybridized carbons (Fsp3) is 0.921. The third-order valence-corrected chi connectivity index (χ3v) is 23.9.